The molecule has 0 saturated carbocycles. The summed E-state index contributed by atoms with van der Waals surface area (Å²) < 4.78 is 50.3. The Kier molecular flexibility index (Phi) is 5.96. The molecule has 0 bridgehead atoms. The number of alkyl halides is 2. The van der Waals surface area contributed by atoms with Crippen LogP contribution in [0.1, 0.15) is 12.0 Å². The predicted molar refractivity (Wildman–Crippen MR) is 143 cm³/mol. The van der Waals surface area contributed by atoms with Gasteiger partial charge in [0.15, 0.2) is 5.43 Å². The molecule has 5 aromatic rings. The molecular weight excluding hydrogens is 513 g/mol. The number of hydrogen-bond donors (Lipinski definition) is 3. The fourth-order valence-corrected chi connectivity index (χ4v) is 5.41. The number of aryl methyl sites for hydroxylation is 1. The molecular formula is C27H25F3N6O3. The normalized spacial score (nSPS) is 15.2. The van der Waals surface area contributed by atoms with Crippen molar-refractivity contribution in [3.05, 3.63) is 58.4 Å². The maximum Gasteiger partial charge on any atom is 0.266 e. The molecule has 1 aliphatic heterocycles. The van der Waals surface area contributed by atoms with Crippen LogP contribution in [-0.2, 0) is 18.4 Å². The van der Waals surface area contributed by atoms with Gasteiger partial charge in [-0.05, 0) is 18.2 Å². The maximum atomic E-state index is 14.6. The summed E-state index contributed by atoms with van der Waals surface area (Å²) in [6, 6.07) is 4.37. The van der Waals surface area contributed by atoms with Gasteiger partial charge in [0.1, 0.15) is 23.9 Å². The Hall–Kier alpha value is -4.16. The van der Waals surface area contributed by atoms with E-state index in [-0.39, 0.29) is 25.0 Å². The van der Waals surface area contributed by atoms with Crippen LogP contribution in [0.4, 0.5) is 24.5 Å². The smallest absolute Gasteiger partial charge is 0.266 e. The third-order valence-corrected chi connectivity index (χ3v) is 7.17. The molecule has 0 unspecified atom stereocenters. The molecule has 5 heterocycles. The lowest BCUT2D eigenvalue weighted by Gasteiger charge is -2.23. The standard InChI is InChI=1S/C27H25F3N6O3/c1-31-20-7-16(28)6-17-21-23(36-4-3-27(29,30)12-36)19(9-32-25(21)34-22(17)20)14-5-18-24(38)15(11-39-13-37)10-35(2)26(18)33-8-14/h5-10,31,37H,3-4,11-13H2,1-2H3,(H,32,34). The molecule has 0 aliphatic carbocycles. The summed E-state index contributed by atoms with van der Waals surface area (Å²) in [6.45, 7) is -1.04. The lowest BCUT2D eigenvalue weighted by Crippen LogP contribution is -2.25. The van der Waals surface area contributed by atoms with E-state index in [0.29, 0.717) is 61.0 Å². The summed E-state index contributed by atoms with van der Waals surface area (Å²) in [5, 5.41) is 13.3. The van der Waals surface area contributed by atoms with Crippen LogP contribution >= 0.6 is 0 Å². The number of nitrogens with one attached hydrogen (secondary N) is 2. The number of aromatic nitrogens is 4. The number of H-pyrrole nitrogens is 1. The van der Waals surface area contributed by atoms with Crippen molar-refractivity contribution in [1.82, 2.24) is 19.5 Å². The molecule has 202 valence electrons. The van der Waals surface area contributed by atoms with E-state index in [0.717, 1.165) is 0 Å². The summed E-state index contributed by atoms with van der Waals surface area (Å²) >= 11 is 0. The minimum absolute atomic E-state index is 0.0837. The van der Waals surface area contributed by atoms with Crippen molar-refractivity contribution in [3.63, 3.8) is 0 Å². The van der Waals surface area contributed by atoms with Gasteiger partial charge >= 0.3 is 0 Å². The van der Waals surface area contributed by atoms with Gasteiger partial charge in [0.25, 0.3) is 5.92 Å². The van der Waals surface area contributed by atoms with E-state index >= 15 is 0 Å². The van der Waals surface area contributed by atoms with Crippen molar-refractivity contribution < 1.29 is 23.0 Å². The first kappa shape index (κ1) is 25.1. The zero-order chi connectivity index (χ0) is 27.5. The second-order valence-electron chi connectivity index (χ2n) is 9.69. The van der Waals surface area contributed by atoms with Crippen molar-refractivity contribution in [2.75, 3.05) is 37.1 Å². The first-order chi connectivity index (χ1) is 18.7. The number of hydrogen-bond acceptors (Lipinski definition) is 7. The summed E-state index contributed by atoms with van der Waals surface area (Å²) in [5.74, 6) is -3.37. The van der Waals surface area contributed by atoms with E-state index in [9.17, 15) is 18.0 Å². The molecule has 6 rings (SSSR count). The van der Waals surface area contributed by atoms with Gasteiger partial charge in [0.05, 0.1) is 40.8 Å². The van der Waals surface area contributed by atoms with Crippen molar-refractivity contribution in [3.8, 4) is 11.1 Å². The molecule has 9 nitrogen and oxygen atoms in total. The van der Waals surface area contributed by atoms with E-state index in [1.807, 2.05) is 0 Å². The predicted octanol–water partition coefficient (Wildman–Crippen LogP) is 4.12. The first-order valence-electron chi connectivity index (χ1n) is 12.3. The van der Waals surface area contributed by atoms with Gasteiger partial charge in [0.2, 0.25) is 0 Å². The number of ether oxygens (including phenoxy) is 1. The lowest BCUT2D eigenvalue weighted by molar-refractivity contribution is -0.0116. The largest absolute Gasteiger partial charge is 0.386 e. The lowest BCUT2D eigenvalue weighted by atomic mass is 10.0. The highest BCUT2D eigenvalue weighted by Crippen LogP contribution is 2.44. The van der Waals surface area contributed by atoms with Gasteiger partial charge < -0.3 is 29.6 Å². The molecule has 1 aromatic carbocycles. The van der Waals surface area contributed by atoms with Gasteiger partial charge in [-0.25, -0.2) is 23.1 Å². The van der Waals surface area contributed by atoms with Crippen LogP contribution in [0, 0.1) is 5.82 Å². The maximum absolute atomic E-state index is 14.6. The molecule has 0 atom stereocenters. The number of benzene rings is 1. The topological polar surface area (TPSA) is 108 Å². The van der Waals surface area contributed by atoms with E-state index in [1.165, 1.54) is 12.1 Å². The molecule has 0 spiro atoms. The van der Waals surface area contributed by atoms with Crippen LogP contribution in [-0.4, -0.2) is 57.5 Å². The Morgan fingerprint density at radius 2 is 2.03 bits per heavy atom. The third kappa shape index (κ3) is 4.16. The Morgan fingerprint density at radius 3 is 2.74 bits per heavy atom. The summed E-state index contributed by atoms with van der Waals surface area (Å²) in [4.78, 5) is 27.1. The zero-order valence-corrected chi connectivity index (χ0v) is 21.2. The number of pyridine rings is 3. The molecule has 39 heavy (non-hydrogen) atoms. The molecule has 12 heteroatoms. The molecule has 3 N–H and O–H groups in total. The number of aromatic amines is 1. The molecule has 1 aliphatic rings. The highest BCUT2D eigenvalue weighted by Gasteiger charge is 2.40. The van der Waals surface area contributed by atoms with Gasteiger partial charge in [-0.1, -0.05) is 0 Å². The van der Waals surface area contributed by atoms with E-state index in [2.05, 4.69) is 20.3 Å². The minimum Gasteiger partial charge on any atom is -0.386 e. The fraction of sp³-hybridized carbons (Fsp3) is 0.296. The molecule has 1 saturated heterocycles. The highest BCUT2D eigenvalue weighted by molar-refractivity contribution is 6.17. The van der Waals surface area contributed by atoms with Crippen molar-refractivity contribution in [2.24, 2.45) is 7.05 Å². The van der Waals surface area contributed by atoms with Crippen molar-refractivity contribution >= 4 is 44.3 Å². The number of rotatable bonds is 6. The quantitative estimate of drug-likeness (QED) is 0.279. The summed E-state index contributed by atoms with van der Waals surface area (Å²) in [7, 11) is 3.41. The van der Waals surface area contributed by atoms with Crippen molar-refractivity contribution in [2.45, 2.75) is 19.0 Å². The van der Waals surface area contributed by atoms with Crippen LogP contribution in [0.25, 0.3) is 44.1 Å². The summed E-state index contributed by atoms with van der Waals surface area (Å²) in [6.07, 6.45) is 4.41. The number of halogens is 3. The minimum atomic E-state index is -2.89. The van der Waals surface area contributed by atoms with Crippen LogP contribution in [0.3, 0.4) is 0 Å². The SMILES string of the molecule is CNc1cc(F)cc2c1[nH]c1ncc(-c3cnc4c(c3)c(=O)c(COCO)cn4C)c(N3CCC(F)(F)C3)c12. The van der Waals surface area contributed by atoms with Crippen LogP contribution in [0.2, 0.25) is 0 Å². The highest BCUT2D eigenvalue weighted by atomic mass is 19.3. The number of aliphatic hydroxyl groups excluding tert-OH is 1. The average molecular weight is 539 g/mol. The average Bonchev–Trinajstić information content (AvgIpc) is 3.48. The fourth-order valence-electron chi connectivity index (χ4n) is 5.41. The second kappa shape index (κ2) is 9.24. The first-order valence-corrected chi connectivity index (χ1v) is 12.3. The number of anilines is 2. The van der Waals surface area contributed by atoms with E-state index in [4.69, 9.17) is 9.84 Å². The van der Waals surface area contributed by atoms with E-state index < -0.39 is 25.1 Å². The van der Waals surface area contributed by atoms with Gasteiger partial charge in [-0.15, -0.1) is 0 Å². The number of aliphatic hydroxyl groups is 1. The molecule has 1 fully saturated rings. The number of fused-ring (bicyclic) bond motifs is 4. The van der Waals surface area contributed by atoms with Crippen LogP contribution < -0.4 is 15.6 Å². The zero-order valence-electron chi connectivity index (χ0n) is 21.2. The molecule has 0 amide bonds. The van der Waals surface area contributed by atoms with Gasteiger partial charge in [0, 0.05) is 67.7 Å². The molecule has 0 radical (unpaired) electrons. The van der Waals surface area contributed by atoms with Gasteiger partial charge in [-0.2, -0.15) is 0 Å². The van der Waals surface area contributed by atoms with Gasteiger partial charge in [-0.3, -0.25) is 4.79 Å². The van der Waals surface area contributed by atoms with Crippen molar-refractivity contribution in [1.29, 1.82) is 0 Å². The Bertz CT molecular complexity index is 1820. The Labute approximate surface area is 219 Å². The summed E-state index contributed by atoms with van der Waals surface area (Å²) in [5.41, 5.74) is 3.43. The Balaban J connectivity index is 1.65. The number of nitrogens with zero attached hydrogens (tertiary/aromatic N) is 4. The second-order valence-corrected chi connectivity index (χ2v) is 9.69. The van der Waals surface area contributed by atoms with Crippen LogP contribution in [0.15, 0.2) is 41.6 Å². The third-order valence-electron chi connectivity index (χ3n) is 7.17. The monoisotopic (exact) mass is 538 g/mol. The van der Waals surface area contributed by atoms with E-state index in [1.54, 1.807) is 48.2 Å². The molecule has 4 aromatic heterocycles. The van der Waals surface area contributed by atoms with Crippen LogP contribution in [0.5, 0.6) is 0 Å². The Morgan fingerprint density at radius 1 is 1.21 bits per heavy atom.